The van der Waals surface area contributed by atoms with Gasteiger partial charge in [-0.3, -0.25) is 9.69 Å². The van der Waals surface area contributed by atoms with Crippen LogP contribution >= 0.6 is 23.2 Å². The normalized spacial score (nSPS) is 31.3. The van der Waals surface area contributed by atoms with Crippen LogP contribution in [-0.4, -0.2) is 27.7 Å². The fourth-order valence-corrected chi connectivity index (χ4v) is 4.14. The summed E-state index contributed by atoms with van der Waals surface area (Å²) in [5.74, 6) is -0.264. The summed E-state index contributed by atoms with van der Waals surface area (Å²) >= 11 is 12.1. The van der Waals surface area contributed by atoms with Gasteiger partial charge in [0, 0.05) is 12.5 Å². The van der Waals surface area contributed by atoms with Crippen molar-refractivity contribution in [1.29, 1.82) is 0 Å². The lowest BCUT2D eigenvalue weighted by molar-refractivity contribution is -0.131. The van der Waals surface area contributed by atoms with Crippen LogP contribution in [0.25, 0.3) is 0 Å². The summed E-state index contributed by atoms with van der Waals surface area (Å²) in [5, 5.41) is 2.85. The van der Waals surface area contributed by atoms with Gasteiger partial charge in [-0.1, -0.05) is 18.2 Å². The maximum absolute atomic E-state index is 12.9. The van der Waals surface area contributed by atoms with Crippen molar-refractivity contribution in [3.63, 3.8) is 0 Å². The molecule has 1 aromatic rings. The fourth-order valence-electron chi connectivity index (χ4n) is 3.63. The number of carbonyl (C=O) groups excluding carboxylic acids is 2. The lowest BCUT2D eigenvalue weighted by Gasteiger charge is -2.23. The zero-order valence-electron chi connectivity index (χ0n) is 12.9. The molecular formula is C17H18Cl2N2O2. The Labute approximate surface area is 145 Å². The van der Waals surface area contributed by atoms with Gasteiger partial charge < -0.3 is 5.32 Å². The summed E-state index contributed by atoms with van der Waals surface area (Å²) in [5.41, 5.74) is 2.47. The summed E-state index contributed by atoms with van der Waals surface area (Å²) in [4.78, 5) is 26.4. The number of halogens is 2. The Morgan fingerprint density at radius 2 is 1.96 bits per heavy atom. The van der Waals surface area contributed by atoms with Gasteiger partial charge in [0.2, 0.25) is 0 Å². The molecule has 2 fully saturated rings. The van der Waals surface area contributed by atoms with E-state index >= 15 is 0 Å². The lowest BCUT2D eigenvalue weighted by atomic mass is 9.89. The number of amides is 3. The van der Waals surface area contributed by atoms with Crippen LogP contribution in [0.2, 0.25) is 0 Å². The minimum atomic E-state index is -1.01. The summed E-state index contributed by atoms with van der Waals surface area (Å²) in [6.45, 7) is 2.05. The van der Waals surface area contributed by atoms with Crippen LogP contribution in [0.3, 0.4) is 0 Å². The van der Waals surface area contributed by atoms with Gasteiger partial charge in [0.1, 0.15) is 9.87 Å². The van der Waals surface area contributed by atoms with E-state index in [4.69, 9.17) is 23.2 Å². The van der Waals surface area contributed by atoms with Crippen molar-refractivity contribution in [3.05, 3.63) is 34.9 Å². The molecule has 1 saturated carbocycles. The summed E-state index contributed by atoms with van der Waals surface area (Å²) < 4.78 is -0.798. The first-order valence-corrected chi connectivity index (χ1v) is 8.71. The number of hydrogen-bond donors (Lipinski definition) is 1. The second kappa shape index (κ2) is 4.87. The fraction of sp³-hybridized carbons (Fsp3) is 0.529. The number of imide groups is 1. The highest BCUT2D eigenvalue weighted by molar-refractivity contribution is 6.50. The van der Waals surface area contributed by atoms with Crippen LogP contribution in [0.5, 0.6) is 0 Å². The Bertz CT molecular complexity index is 719. The Balaban J connectivity index is 1.61. The topological polar surface area (TPSA) is 49.4 Å². The highest BCUT2D eigenvalue weighted by Crippen LogP contribution is 2.53. The molecule has 0 aromatic heterocycles. The van der Waals surface area contributed by atoms with Crippen LogP contribution in [0.1, 0.15) is 36.5 Å². The molecule has 2 atom stereocenters. The molecule has 1 aromatic carbocycles. The predicted molar refractivity (Wildman–Crippen MR) is 88.6 cm³/mol. The number of urea groups is 1. The van der Waals surface area contributed by atoms with Gasteiger partial charge in [0.15, 0.2) is 0 Å². The van der Waals surface area contributed by atoms with Crippen molar-refractivity contribution in [2.45, 2.75) is 42.5 Å². The van der Waals surface area contributed by atoms with Crippen molar-refractivity contribution >= 4 is 35.1 Å². The number of alkyl halides is 2. The van der Waals surface area contributed by atoms with Crippen LogP contribution in [0, 0.1) is 5.92 Å². The number of nitrogens with one attached hydrogen (secondary N) is 1. The van der Waals surface area contributed by atoms with Crippen LogP contribution in [-0.2, 0) is 23.2 Å². The summed E-state index contributed by atoms with van der Waals surface area (Å²) in [7, 11) is 0. The van der Waals surface area contributed by atoms with Gasteiger partial charge in [0.25, 0.3) is 5.91 Å². The van der Waals surface area contributed by atoms with Crippen molar-refractivity contribution < 1.29 is 9.59 Å². The third kappa shape index (κ3) is 2.34. The Morgan fingerprint density at radius 3 is 2.65 bits per heavy atom. The molecule has 2 unspecified atom stereocenters. The maximum Gasteiger partial charge on any atom is 0.325 e. The molecule has 4 rings (SSSR count). The molecule has 0 bridgehead atoms. The molecule has 0 spiro atoms. The molecule has 1 aliphatic heterocycles. The van der Waals surface area contributed by atoms with E-state index in [-0.39, 0.29) is 24.4 Å². The Morgan fingerprint density at radius 1 is 1.26 bits per heavy atom. The number of benzene rings is 1. The largest absolute Gasteiger partial charge is 0.325 e. The summed E-state index contributed by atoms with van der Waals surface area (Å²) in [6.07, 6.45) is 3.89. The highest BCUT2D eigenvalue weighted by Gasteiger charge is 2.56. The molecule has 6 heteroatoms. The standard InChI is InChI=1S/C17H18Cl2N2O2/c1-16(12-6-5-10-3-2-4-11(10)7-12)14(22)21(15(23)20-16)9-13-8-17(13,18)19/h5-7,13H,2-4,8-9H2,1H3,(H,20,23). The van der Waals surface area contributed by atoms with E-state index in [2.05, 4.69) is 17.4 Å². The lowest BCUT2D eigenvalue weighted by Crippen LogP contribution is -2.41. The van der Waals surface area contributed by atoms with Gasteiger partial charge in [0.05, 0.1) is 0 Å². The number of hydrogen-bond acceptors (Lipinski definition) is 2. The third-order valence-corrected chi connectivity index (χ3v) is 6.24. The first-order valence-electron chi connectivity index (χ1n) is 7.95. The van der Waals surface area contributed by atoms with E-state index in [9.17, 15) is 9.59 Å². The average molecular weight is 353 g/mol. The SMILES string of the molecule is CC1(c2ccc3c(c2)CCC3)NC(=O)N(CC2CC2(Cl)Cl)C1=O. The number of nitrogens with zero attached hydrogens (tertiary/aromatic N) is 1. The average Bonchev–Trinajstić information content (AvgIpc) is 2.85. The second-order valence-corrected chi connectivity index (χ2v) is 8.51. The zero-order valence-corrected chi connectivity index (χ0v) is 14.4. The molecule has 3 aliphatic rings. The minimum absolute atomic E-state index is 0.0390. The highest BCUT2D eigenvalue weighted by atomic mass is 35.5. The van der Waals surface area contributed by atoms with Gasteiger partial charge in [-0.2, -0.15) is 0 Å². The van der Waals surface area contributed by atoms with Crippen molar-refractivity contribution in [2.75, 3.05) is 6.54 Å². The van der Waals surface area contributed by atoms with Crippen molar-refractivity contribution in [3.8, 4) is 0 Å². The van der Waals surface area contributed by atoms with E-state index in [1.54, 1.807) is 6.92 Å². The molecule has 4 nitrogen and oxygen atoms in total. The molecule has 0 radical (unpaired) electrons. The van der Waals surface area contributed by atoms with Crippen molar-refractivity contribution in [1.82, 2.24) is 10.2 Å². The molecule has 2 aliphatic carbocycles. The predicted octanol–water partition coefficient (Wildman–Crippen LogP) is 3.14. The smallest absolute Gasteiger partial charge is 0.319 e. The third-order valence-electron chi connectivity index (χ3n) is 5.31. The van der Waals surface area contributed by atoms with Gasteiger partial charge in [-0.15, -0.1) is 23.2 Å². The van der Waals surface area contributed by atoms with E-state index in [1.165, 1.54) is 16.0 Å². The minimum Gasteiger partial charge on any atom is -0.319 e. The number of carbonyl (C=O) groups is 2. The summed E-state index contributed by atoms with van der Waals surface area (Å²) in [6, 6.07) is 5.73. The molecule has 122 valence electrons. The van der Waals surface area contributed by atoms with Gasteiger partial charge in [-0.25, -0.2) is 4.79 Å². The number of aryl methyl sites for hydroxylation is 2. The van der Waals surface area contributed by atoms with E-state index in [0.29, 0.717) is 6.42 Å². The maximum atomic E-state index is 12.9. The van der Waals surface area contributed by atoms with Crippen LogP contribution < -0.4 is 5.32 Å². The van der Waals surface area contributed by atoms with Crippen LogP contribution in [0.15, 0.2) is 18.2 Å². The molecule has 1 saturated heterocycles. The second-order valence-electron chi connectivity index (χ2n) is 6.97. The molecule has 3 amide bonds. The van der Waals surface area contributed by atoms with Crippen LogP contribution in [0.4, 0.5) is 4.79 Å². The van der Waals surface area contributed by atoms with Crippen molar-refractivity contribution in [2.24, 2.45) is 5.92 Å². The van der Waals surface area contributed by atoms with E-state index in [0.717, 1.165) is 24.8 Å². The molecular weight excluding hydrogens is 335 g/mol. The quantitative estimate of drug-likeness (QED) is 0.671. The number of fused-ring (bicyclic) bond motifs is 1. The molecule has 1 heterocycles. The van der Waals surface area contributed by atoms with Gasteiger partial charge in [-0.05, 0) is 49.3 Å². The zero-order chi connectivity index (χ0) is 16.4. The molecule has 23 heavy (non-hydrogen) atoms. The molecule has 1 N–H and O–H groups in total. The first-order chi connectivity index (χ1) is 10.8. The number of rotatable bonds is 3. The first kappa shape index (κ1) is 15.3. The monoisotopic (exact) mass is 352 g/mol. The Hall–Kier alpha value is -1.26. The Kier molecular flexibility index (Phi) is 3.23. The van der Waals surface area contributed by atoms with E-state index in [1.807, 2.05) is 6.07 Å². The van der Waals surface area contributed by atoms with E-state index < -0.39 is 9.87 Å². The van der Waals surface area contributed by atoms with Gasteiger partial charge >= 0.3 is 6.03 Å².